The van der Waals surface area contributed by atoms with E-state index in [1.807, 2.05) is 62.3 Å². The van der Waals surface area contributed by atoms with Crippen LogP contribution in [0.3, 0.4) is 0 Å². The molecule has 0 spiro atoms. The Morgan fingerprint density at radius 3 is 2.81 bits per heavy atom. The van der Waals surface area contributed by atoms with E-state index in [-0.39, 0.29) is 0 Å². The lowest BCUT2D eigenvalue weighted by Crippen LogP contribution is -2.25. The van der Waals surface area contributed by atoms with Crippen LogP contribution in [0.2, 0.25) is 0 Å². The van der Waals surface area contributed by atoms with Crippen LogP contribution < -0.4 is 16.0 Å². The molecule has 6 heteroatoms. The summed E-state index contributed by atoms with van der Waals surface area (Å²) in [4.78, 5) is 10.9. The Morgan fingerprint density at radius 2 is 2.15 bits per heavy atom. The topological polar surface area (TPSA) is 90.4 Å². The van der Waals surface area contributed by atoms with E-state index in [4.69, 9.17) is 11.1 Å². The van der Waals surface area contributed by atoms with Gasteiger partial charge in [0, 0.05) is 25.2 Å². The molecule has 0 aliphatic carbocycles. The number of nitrogens with zero attached hydrogens (tertiary/aromatic N) is 3. The highest BCUT2D eigenvalue weighted by atomic mass is 15.1. The lowest BCUT2D eigenvalue weighted by Gasteiger charge is -2.23. The smallest absolute Gasteiger partial charge is 0.152 e. The Bertz CT molecular complexity index is 882. The van der Waals surface area contributed by atoms with Gasteiger partial charge in [-0.3, -0.25) is 4.99 Å². The number of fused-ring (bicyclic) bond motifs is 1. The fourth-order valence-electron chi connectivity index (χ4n) is 3.07. The van der Waals surface area contributed by atoms with Crippen LogP contribution in [0.25, 0.3) is 10.9 Å². The van der Waals surface area contributed by atoms with Crippen LogP contribution in [-0.4, -0.2) is 44.1 Å². The third kappa shape index (κ3) is 5.01. The van der Waals surface area contributed by atoms with Gasteiger partial charge in [0.2, 0.25) is 0 Å². The van der Waals surface area contributed by atoms with E-state index >= 15 is 0 Å². The second-order valence-corrected chi connectivity index (χ2v) is 6.31. The minimum Gasteiger partial charge on any atom is -0.382 e. The van der Waals surface area contributed by atoms with Crippen molar-refractivity contribution in [2.75, 3.05) is 37.8 Å². The Kier molecular flexibility index (Phi) is 7.25. The van der Waals surface area contributed by atoms with E-state index in [0.29, 0.717) is 23.8 Å². The van der Waals surface area contributed by atoms with Gasteiger partial charge in [-0.15, -0.1) is 6.58 Å². The highest BCUT2D eigenvalue weighted by Gasteiger charge is 2.17. The number of hydrogen-bond donors (Lipinski definition) is 3. The normalized spacial score (nSPS) is 11.9. The lowest BCUT2D eigenvalue weighted by molar-refractivity contribution is 0.861. The van der Waals surface area contributed by atoms with Gasteiger partial charge in [0.15, 0.2) is 5.82 Å². The van der Waals surface area contributed by atoms with Crippen LogP contribution in [0.1, 0.15) is 13.3 Å². The van der Waals surface area contributed by atoms with Gasteiger partial charge in [0.25, 0.3) is 0 Å². The van der Waals surface area contributed by atoms with E-state index in [0.717, 1.165) is 35.1 Å². The summed E-state index contributed by atoms with van der Waals surface area (Å²) in [6.45, 7) is 6.80. The number of aromatic nitrogens is 1. The monoisotopic (exact) mass is 364 g/mol. The molecule has 27 heavy (non-hydrogen) atoms. The Balaban J connectivity index is 2.42. The molecule has 0 saturated carbocycles. The first-order chi connectivity index (χ1) is 13.0. The quantitative estimate of drug-likeness (QED) is 0.467. The standard InChI is InChI=1S/C21H28N6/c1-5-9-15(13-24-3)12-16(22)14-27(4)20-17-10-7-8-11-18(17)26-21(23)19(20)25-6-2/h5-8,10-12,22,24H,1,9,13-14H2,2-4H3,(H2,23,26)/b15-12-,22-16?,25-6?. The van der Waals surface area contributed by atoms with E-state index in [1.54, 1.807) is 6.21 Å². The number of aliphatic imine (C=N–C) groups is 1. The van der Waals surface area contributed by atoms with Crippen LogP contribution in [0, 0.1) is 5.41 Å². The molecule has 4 N–H and O–H groups in total. The molecule has 0 aliphatic heterocycles. The highest BCUT2D eigenvalue weighted by molar-refractivity contribution is 6.04. The van der Waals surface area contributed by atoms with Crippen LogP contribution >= 0.6 is 0 Å². The first kappa shape index (κ1) is 20.3. The molecule has 6 nitrogen and oxygen atoms in total. The maximum absolute atomic E-state index is 8.42. The first-order valence-electron chi connectivity index (χ1n) is 8.92. The number of para-hydroxylation sites is 1. The predicted octanol–water partition coefficient (Wildman–Crippen LogP) is 3.72. The average Bonchev–Trinajstić information content (AvgIpc) is 2.62. The molecule has 0 amide bonds. The van der Waals surface area contributed by atoms with E-state index in [1.165, 1.54) is 0 Å². The van der Waals surface area contributed by atoms with Gasteiger partial charge < -0.3 is 21.4 Å². The zero-order chi connectivity index (χ0) is 19.8. The number of benzene rings is 1. The van der Waals surface area contributed by atoms with Crippen LogP contribution in [0.5, 0.6) is 0 Å². The van der Waals surface area contributed by atoms with Crippen LogP contribution in [0.4, 0.5) is 17.2 Å². The zero-order valence-electron chi connectivity index (χ0n) is 16.3. The first-order valence-corrected chi connectivity index (χ1v) is 8.92. The molecular weight excluding hydrogens is 336 g/mol. The summed E-state index contributed by atoms with van der Waals surface area (Å²) < 4.78 is 0. The van der Waals surface area contributed by atoms with Gasteiger partial charge in [0.05, 0.1) is 23.5 Å². The van der Waals surface area contributed by atoms with Gasteiger partial charge >= 0.3 is 0 Å². The van der Waals surface area contributed by atoms with Crippen molar-refractivity contribution in [2.45, 2.75) is 13.3 Å². The van der Waals surface area contributed by atoms with E-state index < -0.39 is 0 Å². The predicted molar refractivity (Wildman–Crippen MR) is 118 cm³/mol. The molecular formula is C21H28N6. The second-order valence-electron chi connectivity index (χ2n) is 6.31. The number of pyridine rings is 1. The maximum Gasteiger partial charge on any atom is 0.152 e. The second kappa shape index (κ2) is 9.64. The number of rotatable bonds is 9. The number of anilines is 2. The molecule has 1 heterocycles. The van der Waals surface area contributed by atoms with Crippen LogP contribution in [0.15, 0.2) is 53.6 Å². The van der Waals surface area contributed by atoms with E-state index in [9.17, 15) is 0 Å². The number of allylic oxidation sites excluding steroid dienone is 1. The molecule has 0 radical (unpaired) electrons. The molecule has 0 aliphatic rings. The summed E-state index contributed by atoms with van der Waals surface area (Å²) >= 11 is 0. The summed E-state index contributed by atoms with van der Waals surface area (Å²) in [6, 6.07) is 7.84. The van der Waals surface area contributed by atoms with Crippen molar-refractivity contribution in [3.05, 3.63) is 48.6 Å². The minimum absolute atomic E-state index is 0.387. The van der Waals surface area contributed by atoms with Crippen molar-refractivity contribution >= 4 is 40.0 Å². The summed E-state index contributed by atoms with van der Waals surface area (Å²) in [7, 11) is 3.84. The Morgan fingerprint density at radius 1 is 1.41 bits per heavy atom. The van der Waals surface area contributed by atoms with Gasteiger partial charge in [-0.2, -0.15) is 0 Å². The summed E-state index contributed by atoms with van der Waals surface area (Å²) in [5, 5.41) is 12.5. The average molecular weight is 364 g/mol. The van der Waals surface area contributed by atoms with Gasteiger partial charge in [-0.1, -0.05) is 29.8 Å². The fraction of sp³-hybridized carbons (Fsp3) is 0.286. The number of hydrogen-bond acceptors (Lipinski definition) is 6. The van der Waals surface area contributed by atoms with Crippen molar-refractivity contribution in [2.24, 2.45) is 4.99 Å². The van der Waals surface area contributed by atoms with Crippen molar-refractivity contribution in [1.82, 2.24) is 10.3 Å². The maximum atomic E-state index is 8.42. The van der Waals surface area contributed by atoms with Gasteiger partial charge in [-0.25, -0.2) is 4.98 Å². The Labute approximate surface area is 161 Å². The van der Waals surface area contributed by atoms with Crippen molar-refractivity contribution in [1.29, 1.82) is 5.41 Å². The summed E-state index contributed by atoms with van der Waals surface area (Å²) in [5.74, 6) is 0.387. The zero-order valence-corrected chi connectivity index (χ0v) is 16.3. The Hall–Kier alpha value is -2.99. The molecule has 0 saturated heterocycles. The van der Waals surface area contributed by atoms with Gasteiger partial charge in [0.1, 0.15) is 5.69 Å². The minimum atomic E-state index is 0.387. The highest BCUT2D eigenvalue weighted by Crippen LogP contribution is 2.38. The molecule has 2 aromatic rings. The van der Waals surface area contributed by atoms with Crippen LogP contribution in [-0.2, 0) is 0 Å². The van der Waals surface area contributed by atoms with Gasteiger partial charge in [-0.05, 0) is 32.5 Å². The van der Waals surface area contributed by atoms with Crippen molar-refractivity contribution in [3.8, 4) is 0 Å². The SMILES string of the molecule is C=CC/C(=C/C(=N)CN(C)c1c(N=CC)c(N)nc2ccccc12)CNC. The van der Waals surface area contributed by atoms with Crippen molar-refractivity contribution < 1.29 is 0 Å². The third-order valence-corrected chi connectivity index (χ3v) is 4.10. The lowest BCUT2D eigenvalue weighted by atomic mass is 10.1. The van der Waals surface area contributed by atoms with E-state index in [2.05, 4.69) is 21.9 Å². The molecule has 0 bridgehead atoms. The fourth-order valence-corrected chi connectivity index (χ4v) is 3.07. The number of nitrogens with two attached hydrogens (primary N) is 1. The number of likely N-dealkylation sites (N-methyl/N-ethyl adjacent to an activating group) is 1. The van der Waals surface area contributed by atoms with Crippen molar-refractivity contribution in [3.63, 3.8) is 0 Å². The number of nitrogen functional groups attached to an aromatic ring is 1. The summed E-state index contributed by atoms with van der Waals surface area (Å²) in [6.07, 6.45) is 6.22. The summed E-state index contributed by atoms with van der Waals surface area (Å²) in [5.41, 5.74) is 10.1. The molecule has 142 valence electrons. The molecule has 0 atom stereocenters. The molecule has 1 aromatic carbocycles. The number of nitrogens with one attached hydrogen (secondary N) is 2. The largest absolute Gasteiger partial charge is 0.382 e. The third-order valence-electron chi connectivity index (χ3n) is 4.10. The molecule has 1 aromatic heterocycles. The molecule has 0 fully saturated rings. The molecule has 2 rings (SSSR count). The molecule has 0 unspecified atom stereocenters.